The summed E-state index contributed by atoms with van der Waals surface area (Å²) in [6.07, 6.45) is -12.3. The molecule has 96 heavy (non-hydrogen) atoms. The van der Waals surface area contributed by atoms with Crippen molar-refractivity contribution in [2.45, 2.75) is 54.9 Å². The normalized spacial score (nSPS) is 19.2. The highest BCUT2D eigenvalue weighted by Crippen LogP contribution is 2.63. The van der Waals surface area contributed by atoms with E-state index in [2.05, 4.69) is 0 Å². The Hall–Kier alpha value is -13.4. The highest BCUT2D eigenvalue weighted by Gasteiger charge is 2.53. The Labute approximate surface area is 535 Å². The Kier molecular flexibility index (Phi) is 15.3. The van der Waals surface area contributed by atoms with Crippen LogP contribution in [0.4, 0.5) is 0 Å². The number of ether oxygens (including phenoxy) is 6. The van der Waals surface area contributed by atoms with E-state index >= 15 is 0 Å². The van der Waals surface area contributed by atoms with Crippen LogP contribution in [-0.4, -0.2) is 143 Å². The average molecular weight is 1320 g/mol. The van der Waals surface area contributed by atoms with Crippen molar-refractivity contribution < 1.29 is 150 Å². The van der Waals surface area contributed by atoms with Crippen LogP contribution in [0, 0.1) is 0 Å². The van der Waals surface area contributed by atoms with Crippen LogP contribution in [0.5, 0.6) is 138 Å². The molecule has 0 spiro atoms. The first kappa shape index (κ1) is 62.8. The van der Waals surface area contributed by atoms with Crippen LogP contribution >= 0.6 is 0 Å². The Morgan fingerprint density at radius 1 is 0.302 bits per heavy atom. The van der Waals surface area contributed by atoms with Crippen LogP contribution in [0.3, 0.4) is 0 Å². The van der Waals surface area contributed by atoms with E-state index in [1.807, 2.05) is 0 Å². The van der Waals surface area contributed by atoms with Crippen molar-refractivity contribution in [2.24, 2.45) is 0 Å². The SMILES string of the molecule is O=C(OC1Cc2c(cc(O)c(C3c4c(cc(O)c(C5c6c(O)cc(O)cc6OC(c6ccc(O)c(O)c6)C5OC(=O)c5cc(O)c(O)c(O)c5)c4O)OC(c4ccc(O)c(O)c4)C3OC(=O)c3cc(O)c(O)c(O)c3)c2O)OC1c1ccc(O)c(O)c1)c1cc(O)c(O)c(O)c1. The van der Waals surface area contributed by atoms with E-state index in [4.69, 9.17) is 28.4 Å². The van der Waals surface area contributed by atoms with Gasteiger partial charge in [0.1, 0.15) is 57.8 Å². The summed E-state index contributed by atoms with van der Waals surface area (Å²) in [5.41, 5.74) is -5.88. The zero-order valence-electron chi connectivity index (χ0n) is 48.4. The number of hydrogen-bond acceptors (Lipinski definition) is 30. The molecule has 12 rings (SSSR count). The number of esters is 3. The molecular weight excluding hydrogens is 1270 g/mol. The molecule has 0 saturated heterocycles. The number of benzene rings is 9. The second-order valence-electron chi connectivity index (χ2n) is 22.4. The molecular formula is C66H50O30. The van der Waals surface area contributed by atoms with Crippen LogP contribution in [0.15, 0.2) is 115 Å². The summed E-state index contributed by atoms with van der Waals surface area (Å²) < 4.78 is 37.4. The van der Waals surface area contributed by atoms with Crippen molar-refractivity contribution in [3.63, 3.8) is 0 Å². The monoisotopic (exact) mass is 1320 g/mol. The van der Waals surface area contributed by atoms with E-state index in [9.17, 15) is 122 Å². The molecule has 3 aliphatic rings. The molecule has 3 aliphatic heterocycles. The van der Waals surface area contributed by atoms with Gasteiger partial charge in [0.15, 0.2) is 117 Å². The third kappa shape index (κ3) is 10.8. The number of phenols is 21. The summed E-state index contributed by atoms with van der Waals surface area (Å²) in [6.45, 7) is 0. The molecule has 3 heterocycles. The predicted molar refractivity (Wildman–Crippen MR) is 318 cm³/mol. The molecule has 30 nitrogen and oxygen atoms in total. The summed E-state index contributed by atoms with van der Waals surface area (Å²) in [4.78, 5) is 43.4. The minimum absolute atomic E-state index is 0.0363. The van der Waals surface area contributed by atoms with Gasteiger partial charge in [-0.15, -0.1) is 0 Å². The predicted octanol–water partition coefficient (Wildman–Crippen LogP) is 7.39. The van der Waals surface area contributed by atoms with Crippen LogP contribution in [-0.2, 0) is 20.6 Å². The number of carbonyl (C=O) groups excluding carboxylic acids is 3. The van der Waals surface area contributed by atoms with Crippen molar-refractivity contribution >= 4 is 17.9 Å². The fourth-order valence-electron chi connectivity index (χ4n) is 12.0. The number of carbonyl (C=O) groups is 3. The first-order valence-corrected chi connectivity index (χ1v) is 28.1. The minimum atomic E-state index is -2.28. The lowest BCUT2D eigenvalue weighted by Crippen LogP contribution is -2.40. The molecule has 8 atom stereocenters. The van der Waals surface area contributed by atoms with Crippen LogP contribution in [0.1, 0.15) is 106 Å². The third-order valence-electron chi connectivity index (χ3n) is 16.5. The van der Waals surface area contributed by atoms with Gasteiger partial charge in [-0.25, -0.2) is 14.4 Å². The van der Waals surface area contributed by atoms with E-state index in [0.717, 1.165) is 84.9 Å². The maximum atomic E-state index is 14.8. The molecule has 8 unspecified atom stereocenters. The van der Waals surface area contributed by atoms with Crippen molar-refractivity contribution in [3.05, 3.63) is 176 Å². The van der Waals surface area contributed by atoms with E-state index in [-0.39, 0.29) is 16.7 Å². The molecule has 0 bridgehead atoms. The van der Waals surface area contributed by atoms with E-state index < -0.39 is 255 Å². The molecule has 0 amide bonds. The van der Waals surface area contributed by atoms with Gasteiger partial charge in [-0.2, -0.15) is 0 Å². The Morgan fingerprint density at radius 3 is 1.06 bits per heavy atom. The van der Waals surface area contributed by atoms with Gasteiger partial charge < -0.3 is 136 Å². The summed E-state index contributed by atoms with van der Waals surface area (Å²) in [6, 6.07) is 16.6. The molecule has 494 valence electrons. The minimum Gasteiger partial charge on any atom is -0.508 e. The zero-order chi connectivity index (χ0) is 68.9. The average Bonchev–Trinajstić information content (AvgIpc) is 0.717. The maximum Gasteiger partial charge on any atom is 0.338 e. The molecule has 21 N–H and O–H groups in total. The quantitative estimate of drug-likeness (QED) is 0.0341. The van der Waals surface area contributed by atoms with Gasteiger partial charge in [-0.3, -0.25) is 0 Å². The van der Waals surface area contributed by atoms with Gasteiger partial charge in [-0.05, 0) is 72.8 Å². The summed E-state index contributed by atoms with van der Waals surface area (Å²) >= 11 is 0. The number of fused-ring (bicyclic) bond motifs is 3. The molecule has 9 aromatic rings. The van der Waals surface area contributed by atoms with Gasteiger partial charge >= 0.3 is 17.9 Å². The molecule has 9 aromatic carbocycles. The molecule has 0 radical (unpaired) electrons. The molecule has 30 heteroatoms. The number of hydrogen-bond donors (Lipinski definition) is 21. The Morgan fingerprint density at radius 2 is 0.646 bits per heavy atom. The molecule has 0 fully saturated rings. The van der Waals surface area contributed by atoms with Crippen molar-refractivity contribution in [3.8, 4) is 138 Å². The van der Waals surface area contributed by atoms with E-state index in [1.165, 1.54) is 6.07 Å². The first-order valence-electron chi connectivity index (χ1n) is 28.1. The standard InChI is InChI=1S/C66H50O30/c67-27-16-35(74)48-45(17-27)92-60(22-2-5-30(69)33(72)8-22)62(95-65(89)25-12-40(79)56(85)41(80)13-25)52(48)50-37(76)20-46-51(58(50)87)53(63(61(93-46)23-3-6-31(70)34(73)9-23)96-66(90)26-14-42(81)57(86)43(82)15-26)49-36(75)19-44-28(54(49)83)18-47(59(91-44)21-1-4-29(68)32(71)7-21)94-64(88)24-10-38(77)55(84)39(78)11-24/h1-17,19-20,47,52-53,59-63,67-87H,18H2. The van der Waals surface area contributed by atoms with Crippen molar-refractivity contribution in [2.75, 3.05) is 0 Å². The van der Waals surface area contributed by atoms with E-state index in [1.54, 1.807) is 0 Å². The number of phenolic OH excluding ortho intramolecular Hbond substituents is 21. The number of rotatable bonds is 11. The highest BCUT2D eigenvalue weighted by atomic mass is 16.6. The summed E-state index contributed by atoms with van der Waals surface area (Å²) in [7, 11) is 0. The van der Waals surface area contributed by atoms with Crippen molar-refractivity contribution in [1.82, 2.24) is 0 Å². The van der Waals surface area contributed by atoms with Crippen molar-refractivity contribution in [1.29, 1.82) is 0 Å². The van der Waals surface area contributed by atoms with E-state index in [0.29, 0.717) is 24.3 Å². The second kappa shape index (κ2) is 23.4. The Bertz CT molecular complexity index is 4680. The van der Waals surface area contributed by atoms with Gasteiger partial charge in [0, 0.05) is 75.2 Å². The Balaban J connectivity index is 1.12. The van der Waals surface area contributed by atoms with Gasteiger partial charge in [-0.1, -0.05) is 18.2 Å². The molecule has 0 aliphatic carbocycles. The van der Waals surface area contributed by atoms with Gasteiger partial charge in [0.25, 0.3) is 0 Å². The van der Waals surface area contributed by atoms with Crippen LogP contribution < -0.4 is 14.2 Å². The lowest BCUT2D eigenvalue weighted by atomic mass is 9.73. The second-order valence-corrected chi connectivity index (χ2v) is 22.4. The van der Waals surface area contributed by atoms with Gasteiger partial charge in [0.2, 0.25) is 0 Å². The highest BCUT2D eigenvalue weighted by molar-refractivity contribution is 5.93. The zero-order valence-corrected chi connectivity index (χ0v) is 48.4. The third-order valence-corrected chi connectivity index (χ3v) is 16.5. The van der Waals surface area contributed by atoms with Crippen LogP contribution in [0.25, 0.3) is 0 Å². The summed E-state index contributed by atoms with van der Waals surface area (Å²) in [5, 5.41) is 232. The van der Waals surface area contributed by atoms with Crippen LogP contribution in [0.2, 0.25) is 0 Å². The fraction of sp³-hybridized carbons (Fsp3) is 0.136. The smallest absolute Gasteiger partial charge is 0.338 e. The lowest BCUT2D eigenvalue weighted by molar-refractivity contribution is -0.0293. The lowest BCUT2D eigenvalue weighted by Gasteiger charge is -2.43. The molecule has 0 aromatic heterocycles. The maximum absolute atomic E-state index is 14.8. The van der Waals surface area contributed by atoms with Gasteiger partial charge in [0.05, 0.1) is 28.5 Å². The largest absolute Gasteiger partial charge is 0.508 e. The fourth-order valence-corrected chi connectivity index (χ4v) is 12.0. The topological polar surface area (TPSA) is 531 Å². The first-order chi connectivity index (χ1) is 45.5. The summed E-state index contributed by atoms with van der Waals surface area (Å²) in [5.74, 6) is -30.2. The molecule has 0 saturated carbocycles. The number of aromatic hydroxyl groups is 21.